The Morgan fingerprint density at radius 2 is 1.86 bits per heavy atom. The summed E-state index contributed by atoms with van der Waals surface area (Å²) in [6.07, 6.45) is 2.84. The molecule has 0 atom stereocenters. The third-order valence-electron chi connectivity index (χ3n) is 5.18. The van der Waals surface area contributed by atoms with Gasteiger partial charge in [0.25, 0.3) is 11.8 Å². The van der Waals surface area contributed by atoms with Crippen LogP contribution in [0.1, 0.15) is 25.7 Å². The Labute approximate surface area is 166 Å². The molecule has 10 heteroatoms. The van der Waals surface area contributed by atoms with Crippen molar-refractivity contribution in [1.29, 1.82) is 0 Å². The molecule has 2 N–H and O–H groups in total. The summed E-state index contributed by atoms with van der Waals surface area (Å²) in [4.78, 5) is 49.5. The highest BCUT2D eigenvalue weighted by Crippen LogP contribution is 2.35. The van der Waals surface area contributed by atoms with Crippen LogP contribution in [-0.4, -0.2) is 60.6 Å². The van der Waals surface area contributed by atoms with E-state index in [9.17, 15) is 19.2 Å². The van der Waals surface area contributed by atoms with Crippen molar-refractivity contribution in [3.05, 3.63) is 18.2 Å². The van der Waals surface area contributed by atoms with E-state index in [1.807, 2.05) is 0 Å². The Bertz CT molecular complexity index is 863. The Morgan fingerprint density at radius 1 is 1.14 bits per heavy atom. The molecule has 1 saturated carbocycles. The van der Waals surface area contributed by atoms with Crippen LogP contribution in [0.4, 0.5) is 10.5 Å². The number of rotatable bonds is 5. The van der Waals surface area contributed by atoms with Gasteiger partial charge in [-0.1, -0.05) is 12.8 Å². The van der Waals surface area contributed by atoms with Crippen molar-refractivity contribution in [3.63, 3.8) is 0 Å². The first-order valence-electron chi connectivity index (χ1n) is 9.46. The number of hydrogen-bond donors (Lipinski definition) is 2. The number of esters is 1. The van der Waals surface area contributed by atoms with Crippen LogP contribution < -0.4 is 20.1 Å². The quantitative estimate of drug-likeness (QED) is 0.551. The number of nitrogens with one attached hydrogen (secondary N) is 2. The molecule has 1 aromatic rings. The van der Waals surface area contributed by atoms with Gasteiger partial charge in [0.05, 0.1) is 0 Å². The van der Waals surface area contributed by atoms with E-state index < -0.39 is 42.5 Å². The zero-order valence-corrected chi connectivity index (χ0v) is 15.7. The van der Waals surface area contributed by atoms with Gasteiger partial charge in [0.1, 0.15) is 25.3 Å². The highest BCUT2D eigenvalue weighted by molar-refractivity contribution is 6.09. The molecule has 1 aromatic carbocycles. The molecule has 1 spiro atoms. The summed E-state index contributed by atoms with van der Waals surface area (Å²) < 4.78 is 15.8. The molecule has 2 heterocycles. The van der Waals surface area contributed by atoms with E-state index in [0.29, 0.717) is 43.2 Å². The van der Waals surface area contributed by atoms with Gasteiger partial charge < -0.3 is 24.8 Å². The first-order chi connectivity index (χ1) is 14.0. The van der Waals surface area contributed by atoms with E-state index in [4.69, 9.17) is 14.2 Å². The van der Waals surface area contributed by atoms with Crippen LogP contribution in [-0.2, 0) is 19.1 Å². The average molecular weight is 403 g/mol. The van der Waals surface area contributed by atoms with Gasteiger partial charge in [-0.25, -0.2) is 4.79 Å². The minimum atomic E-state index is -0.882. The van der Waals surface area contributed by atoms with Gasteiger partial charge in [-0.05, 0) is 25.0 Å². The summed E-state index contributed by atoms with van der Waals surface area (Å²) in [5.74, 6) is -0.683. The number of ether oxygens (including phenoxy) is 3. The maximum absolute atomic E-state index is 12.5. The molecule has 2 fully saturated rings. The third kappa shape index (κ3) is 3.82. The molecule has 4 rings (SSSR count). The summed E-state index contributed by atoms with van der Waals surface area (Å²) >= 11 is 0. The van der Waals surface area contributed by atoms with E-state index in [1.54, 1.807) is 18.2 Å². The van der Waals surface area contributed by atoms with Gasteiger partial charge in [0.15, 0.2) is 18.1 Å². The van der Waals surface area contributed by atoms with E-state index in [0.717, 1.165) is 17.7 Å². The standard InChI is InChI=1S/C19H21N3O7/c23-15(20-12-3-4-13-14(9-12)28-8-7-27-13)11-29-16(24)10-22-17(25)19(21-18(22)26)5-1-2-6-19/h3-4,9H,1-2,5-8,10-11H2,(H,20,23)(H,21,26). The minimum Gasteiger partial charge on any atom is -0.486 e. The third-order valence-corrected chi connectivity index (χ3v) is 5.18. The molecular formula is C19H21N3O7. The zero-order chi connectivity index (χ0) is 20.4. The molecule has 0 radical (unpaired) electrons. The molecule has 2 aliphatic heterocycles. The van der Waals surface area contributed by atoms with E-state index in [-0.39, 0.29) is 0 Å². The lowest BCUT2D eigenvalue weighted by Crippen LogP contribution is -2.44. The number of urea groups is 1. The number of carbonyl (C=O) groups excluding carboxylic acids is 4. The molecule has 1 saturated heterocycles. The Kier molecular flexibility index (Phi) is 4.99. The number of hydrogen-bond acceptors (Lipinski definition) is 7. The molecule has 4 amide bonds. The second-order valence-electron chi connectivity index (χ2n) is 7.18. The molecule has 0 unspecified atom stereocenters. The number of imide groups is 1. The highest BCUT2D eigenvalue weighted by atomic mass is 16.6. The SMILES string of the molecule is O=C(COC(=O)CN1C(=O)NC2(CCCC2)C1=O)Nc1ccc2c(c1)OCCO2. The van der Waals surface area contributed by atoms with Gasteiger partial charge in [-0.3, -0.25) is 19.3 Å². The van der Waals surface area contributed by atoms with Crippen molar-refractivity contribution >= 4 is 29.5 Å². The van der Waals surface area contributed by atoms with Crippen molar-refractivity contribution in [1.82, 2.24) is 10.2 Å². The number of anilines is 1. The highest BCUT2D eigenvalue weighted by Gasteiger charge is 2.52. The smallest absolute Gasteiger partial charge is 0.326 e. The van der Waals surface area contributed by atoms with Crippen LogP contribution in [0, 0.1) is 0 Å². The maximum atomic E-state index is 12.5. The fourth-order valence-electron chi connectivity index (χ4n) is 3.78. The number of carbonyl (C=O) groups is 4. The Balaban J connectivity index is 1.27. The lowest BCUT2D eigenvalue weighted by atomic mass is 9.98. The number of fused-ring (bicyclic) bond motifs is 1. The fourth-order valence-corrected chi connectivity index (χ4v) is 3.78. The normalized spacial score (nSPS) is 19.2. The Hall–Kier alpha value is -3.30. The van der Waals surface area contributed by atoms with Crippen molar-refractivity contribution in [2.45, 2.75) is 31.2 Å². The van der Waals surface area contributed by atoms with Crippen LogP contribution in [0.5, 0.6) is 11.5 Å². The lowest BCUT2D eigenvalue weighted by molar-refractivity contribution is -0.150. The van der Waals surface area contributed by atoms with Crippen LogP contribution in [0.25, 0.3) is 0 Å². The van der Waals surface area contributed by atoms with Gasteiger partial charge in [-0.2, -0.15) is 0 Å². The molecule has 1 aliphatic carbocycles. The lowest BCUT2D eigenvalue weighted by Gasteiger charge is -2.19. The molecule has 29 heavy (non-hydrogen) atoms. The fraction of sp³-hybridized carbons (Fsp3) is 0.474. The molecule has 3 aliphatic rings. The predicted molar refractivity (Wildman–Crippen MR) is 98.5 cm³/mol. The zero-order valence-electron chi connectivity index (χ0n) is 15.7. The molecule has 10 nitrogen and oxygen atoms in total. The van der Waals surface area contributed by atoms with Gasteiger partial charge in [0, 0.05) is 11.8 Å². The van der Waals surface area contributed by atoms with Crippen LogP contribution in [0.2, 0.25) is 0 Å². The van der Waals surface area contributed by atoms with Crippen molar-refractivity contribution < 1.29 is 33.4 Å². The minimum absolute atomic E-state index is 0.405. The van der Waals surface area contributed by atoms with Gasteiger partial charge in [-0.15, -0.1) is 0 Å². The van der Waals surface area contributed by atoms with Crippen LogP contribution in [0.3, 0.4) is 0 Å². The maximum Gasteiger partial charge on any atom is 0.326 e. The monoisotopic (exact) mass is 403 g/mol. The van der Waals surface area contributed by atoms with Crippen molar-refractivity contribution in [2.75, 3.05) is 31.7 Å². The van der Waals surface area contributed by atoms with Crippen molar-refractivity contribution in [3.8, 4) is 11.5 Å². The molecular weight excluding hydrogens is 382 g/mol. The van der Waals surface area contributed by atoms with Gasteiger partial charge >= 0.3 is 12.0 Å². The summed E-state index contributed by atoms with van der Waals surface area (Å²) in [6, 6.07) is 4.32. The first-order valence-corrected chi connectivity index (χ1v) is 9.46. The second kappa shape index (κ2) is 7.61. The first kappa shape index (κ1) is 19.0. The summed E-state index contributed by atoms with van der Waals surface area (Å²) in [7, 11) is 0. The Morgan fingerprint density at radius 3 is 2.62 bits per heavy atom. The summed E-state index contributed by atoms with van der Waals surface area (Å²) in [5, 5.41) is 5.27. The van der Waals surface area contributed by atoms with E-state index in [1.165, 1.54) is 0 Å². The largest absolute Gasteiger partial charge is 0.486 e. The van der Waals surface area contributed by atoms with Gasteiger partial charge in [0.2, 0.25) is 0 Å². The second-order valence-corrected chi connectivity index (χ2v) is 7.18. The van der Waals surface area contributed by atoms with E-state index in [2.05, 4.69) is 10.6 Å². The number of nitrogens with zero attached hydrogens (tertiary/aromatic N) is 1. The molecule has 0 aromatic heterocycles. The summed E-state index contributed by atoms with van der Waals surface area (Å²) in [5.41, 5.74) is -0.417. The average Bonchev–Trinajstić information content (AvgIpc) is 3.27. The number of amides is 4. The van der Waals surface area contributed by atoms with Crippen molar-refractivity contribution in [2.24, 2.45) is 0 Å². The molecule has 0 bridgehead atoms. The molecule has 154 valence electrons. The van der Waals surface area contributed by atoms with E-state index >= 15 is 0 Å². The van der Waals surface area contributed by atoms with Crippen LogP contribution in [0.15, 0.2) is 18.2 Å². The predicted octanol–water partition coefficient (Wildman–Crippen LogP) is 0.804. The number of benzene rings is 1. The topological polar surface area (TPSA) is 123 Å². The summed E-state index contributed by atoms with van der Waals surface area (Å²) in [6.45, 7) is -0.175. The van der Waals surface area contributed by atoms with Crippen LogP contribution >= 0.6 is 0 Å².